The number of hydrogen-bond donors (Lipinski definition) is 1. The second-order valence-electron chi connectivity index (χ2n) is 5.21. The lowest BCUT2D eigenvalue weighted by atomic mass is 10.1. The van der Waals surface area contributed by atoms with Crippen molar-refractivity contribution in [3.63, 3.8) is 0 Å². The highest BCUT2D eigenvalue weighted by molar-refractivity contribution is 5.68. The van der Waals surface area contributed by atoms with Gasteiger partial charge in [-0.15, -0.1) is 0 Å². The van der Waals surface area contributed by atoms with Gasteiger partial charge in [-0.3, -0.25) is 0 Å². The molecule has 1 aliphatic rings. The molecular weight excluding hydrogens is 238 g/mol. The van der Waals surface area contributed by atoms with Crippen molar-refractivity contribution in [1.82, 2.24) is 9.78 Å². The molecule has 2 N–H and O–H groups in total. The summed E-state index contributed by atoms with van der Waals surface area (Å²) in [4.78, 5) is 0. The molecule has 4 nitrogen and oxygen atoms in total. The third-order valence-corrected chi connectivity index (χ3v) is 3.73. The minimum Gasteiger partial charge on any atom is -0.497 e. The largest absolute Gasteiger partial charge is 0.497 e. The molecule has 100 valence electrons. The summed E-state index contributed by atoms with van der Waals surface area (Å²) in [6, 6.07) is 7.94. The fourth-order valence-electron chi connectivity index (χ4n) is 2.27. The molecule has 0 bridgehead atoms. The van der Waals surface area contributed by atoms with E-state index in [9.17, 15) is 0 Å². The minimum atomic E-state index is 0.769. The van der Waals surface area contributed by atoms with Crippen LogP contribution in [0.5, 0.6) is 5.75 Å². The maximum atomic E-state index is 6.15. The van der Waals surface area contributed by atoms with Crippen LogP contribution in [0.25, 0.3) is 11.3 Å². The quantitative estimate of drug-likeness (QED) is 0.916. The predicted molar refractivity (Wildman–Crippen MR) is 76.1 cm³/mol. The fourth-order valence-corrected chi connectivity index (χ4v) is 2.27. The molecule has 1 aliphatic carbocycles. The van der Waals surface area contributed by atoms with Gasteiger partial charge in [0.15, 0.2) is 0 Å². The molecule has 2 aromatic rings. The molecule has 3 rings (SSSR count). The van der Waals surface area contributed by atoms with Crippen molar-refractivity contribution in [2.75, 3.05) is 12.8 Å². The standard InChI is InChI=1S/C15H19N3O/c1-10-14(12-5-7-13(19-2)8-6-12)17-18(15(10)16)9-11-3-4-11/h5-8,11H,3-4,9,16H2,1-2H3. The highest BCUT2D eigenvalue weighted by Crippen LogP contribution is 2.33. The van der Waals surface area contributed by atoms with Gasteiger partial charge in [-0.05, 0) is 49.9 Å². The summed E-state index contributed by atoms with van der Waals surface area (Å²) >= 11 is 0. The van der Waals surface area contributed by atoms with E-state index in [0.717, 1.165) is 40.9 Å². The van der Waals surface area contributed by atoms with Crippen LogP contribution in [0.2, 0.25) is 0 Å². The third-order valence-electron chi connectivity index (χ3n) is 3.73. The van der Waals surface area contributed by atoms with Gasteiger partial charge in [0.2, 0.25) is 0 Å². The van der Waals surface area contributed by atoms with Gasteiger partial charge in [-0.1, -0.05) is 0 Å². The summed E-state index contributed by atoms with van der Waals surface area (Å²) < 4.78 is 7.13. The number of benzene rings is 1. The summed E-state index contributed by atoms with van der Waals surface area (Å²) in [5.74, 6) is 2.41. The van der Waals surface area contributed by atoms with Crippen LogP contribution in [0.4, 0.5) is 5.82 Å². The van der Waals surface area contributed by atoms with Crippen molar-refractivity contribution in [3.05, 3.63) is 29.8 Å². The smallest absolute Gasteiger partial charge is 0.125 e. The van der Waals surface area contributed by atoms with Gasteiger partial charge < -0.3 is 10.5 Å². The minimum absolute atomic E-state index is 0.769. The van der Waals surface area contributed by atoms with Gasteiger partial charge in [-0.2, -0.15) is 5.10 Å². The first-order chi connectivity index (χ1) is 9.19. The maximum absolute atomic E-state index is 6.15. The van der Waals surface area contributed by atoms with Crippen LogP contribution in [0.3, 0.4) is 0 Å². The van der Waals surface area contributed by atoms with Gasteiger partial charge in [0, 0.05) is 17.7 Å². The molecule has 0 unspecified atom stereocenters. The number of hydrogen-bond acceptors (Lipinski definition) is 3. The zero-order valence-corrected chi connectivity index (χ0v) is 11.4. The number of methoxy groups -OCH3 is 1. The number of nitrogens with zero attached hydrogens (tertiary/aromatic N) is 2. The number of rotatable bonds is 4. The van der Waals surface area contributed by atoms with Crippen molar-refractivity contribution in [2.24, 2.45) is 5.92 Å². The van der Waals surface area contributed by atoms with Crippen LogP contribution in [0, 0.1) is 12.8 Å². The lowest BCUT2D eigenvalue weighted by Gasteiger charge is -2.02. The first-order valence-electron chi connectivity index (χ1n) is 6.66. The summed E-state index contributed by atoms with van der Waals surface area (Å²) in [6.07, 6.45) is 2.60. The van der Waals surface area contributed by atoms with Gasteiger partial charge in [0.05, 0.1) is 12.8 Å². The van der Waals surface area contributed by atoms with E-state index in [1.54, 1.807) is 7.11 Å². The maximum Gasteiger partial charge on any atom is 0.125 e. The number of anilines is 1. The van der Waals surface area contributed by atoms with E-state index in [0.29, 0.717) is 0 Å². The Kier molecular flexibility index (Phi) is 2.93. The summed E-state index contributed by atoms with van der Waals surface area (Å²) in [6.45, 7) is 2.98. The van der Waals surface area contributed by atoms with E-state index in [1.165, 1.54) is 12.8 Å². The number of aromatic nitrogens is 2. The average molecular weight is 257 g/mol. The molecule has 4 heteroatoms. The predicted octanol–water partition coefficient (Wildman–Crippen LogP) is 2.86. The van der Waals surface area contributed by atoms with Gasteiger partial charge in [0.25, 0.3) is 0 Å². The SMILES string of the molecule is COc1ccc(-c2nn(CC3CC3)c(N)c2C)cc1. The summed E-state index contributed by atoms with van der Waals surface area (Å²) in [7, 11) is 1.67. The molecule has 1 aromatic carbocycles. The van der Waals surface area contributed by atoms with Crippen LogP contribution in [0.1, 0.15) is 18.4 Å². The van der Waals surface area contributed by atoms with E-state index in [4.69, 9.17) is 10.5 Å². The topological polar surface area (TPSA) is 53.1 Å². The molecule has 0 saturated heterocycles. The monoisotopic (exact) mass is 257 g/mol. The first kappa shape index (κ1) is 12.1. The lowest BCUT2D eigenvalue weighted by Crippen LogP contribution is -2.06. The Labute approximate surface area is 113 Å². The Hall–Kier alpha value is -1.97. The Morgan fingerprint density at radius 3 is 2.58 bits per heavy atom. The third kappa shape index (κ3) is 2.30. The Morgan fingerprint density at radius 2 is 2.00 bits per heavy atom. The Morgan fingerprint density at radius 1 is 1.32 bits per heavy atom. The highest BCUT2D eigenvalue weighted by Gasteiger charge is 2.24. The van der Waals surface area contributed by atoms with Gasteiger partial charge >= 0.3 is 0 Å². The molecular formula is C15H19N3O. The van der Waals surface area contributed by atoms with Crippen molar-refractivity contribution in [1.29, 1.82) is 0 Å². The Bertz CT molecular complexity index is 582. The Balaban J connectivity index is 1.94. The summed E-state index contributed by atoms with van der Waals surface area (Å²) in [5.41, 5.74) is 9.27. The van der Waals surface area contributed by atoms with Crippen molar-refractivity contribution in [2.45, 2.75) is 26.3 Å². The van der Waals surface area contributed by atoms with Gasteiger partial charge in [0.1, 0.15) is 11.6 Å². The second kappa shape index (κ2) is 4.61. The highest BCUT2D eigenvalue weighted by atomic mass is 16.5. The van der Waals surface area contributed by atoms with E-state index in [2.05, 4.69) is 5.10 Å². The van der Waals surface area contributed by atoms with Crippen molar-refractivity contribution < 1.29 is 4.74 Å². The van der Waals surface area contributed by atoms with Crippen LogP contribution in [0.15, 0.2) is 24.3 Å². The summed E-state index contributed by atoms with van der Waals surface area (Å²) in [5, 5.41) is 4.67. The van der Waals surface area contributed by atoms with Crippen LogP contribution >= 0.6 is 0 Å². The number of nitrogen functional groups attached to an aromatic ring is 1. The molecule has 0 radical (unpaired) electrons. The fraction of sp³-hybridized carbons (Fsp3) is 0.400. The first-order valence-corrected chi connectivity index (χ1v) is 6.66. The number of ether oxygens (including phenoxy) is 1. The van der Waals surface area contributed by atoms with Crippen molar-refractivity contribution in [3.8, 4) is 17.0 Å². The van der Waals surface area contributed by atoms with Crippen molar-refractivity contribution >= 4 is 5.82 Å². The molecule has 0 aliphatic heterocycles. The molecule has 1 aromatic heterocycles. The van der Waals surface area contributed by atoms with Gasteiger partial charge in [-0.25, -0.2) is 4.68 Å². The molecule has 1 heterocycles. The molecule has 0 atom stereocenters. The van der Waals surface area contributed by atoms with E-state index in [-0.39, 0.29) is 0 Å². The molecule has 0 spiro atoms. The zero-order valence-electron chi connectivity index (χ0n) is 11.4. The molecule has 0 amide bonds. The molecule has 1 fully saturated rings. The van der Waals surface area contributed by atoms with Crippen LogP contribution < -0.4 is 10.5 Å². The normalized spacial score (nSPS) is 14.6. The van der Waals surface area contributed by atoms with E-state index >= 15 is 0 Å². The number of nitrogens with two attached hydrogens (primary N) is 1. The zero-order chi connectivity index (χ0) is 13.4. The van der Waals surface area contributed by atoms with Crippen LogP contribution in [-0.2, 0) is 6.54 Å². The molecule has 1 saturated carbocycles. The molecule has 19 heavy (non-hydrogen) atoms. The van der Waals surface area contributed by atoms with E-state index in [1.807, 2.05) is 35.9 Å². The second-order valence-corrected chi connectivity index (χ2v) is 5.21. The van der Waals surface area contributed by atoms with E-state index < -0.39 is 0 Å². The van der Waals surface area contributed by atoms with Crippen LogP contribution in [-0.4, -0.2) is 16.9 Å². The lowest BCUT2D eigenvalue weighted by molar-refractivity contribution is 0.415. The average Bonchev–Trinajstić information content (AvgIpc) is 3.21.